The summed E-state index contributed by atoms with van der Waals surface area (Å²) in [6.45, 7) is 3.85. The number of aryl methyl sites for hydroxylation is 1. The van der Waals surface area contributed by atoms with Gasteiger partial charge in [-0.1, -0.05) is 83.0 Å². The highest BCUT2D eigenvalue weighted by Gasteiger charge is 2.34. The minimum absolute atomic E-state index is 0.0526. The average Bonchev–Trinajstić information content (AvgIpc) is 3.04. The van der Waals surface area contributed by atoms with E-state index in [0.29, 0.717) is 18.0 Å². The molecule has 0 spiro atoms. The second kappa shape index (κ2) is 15.7. The fourth-order valence-corrected chi connectivity index (χ4v) is 6.73. The van der Waals surface area contributed by atoms with Crippen LogP contribution in [0, 0.1) is 6.92 Å². The van der Waals surface area contributed by atoms with Crippen molar-refractivity contribution in [2.75, 3.05) is 24.5 Å². The Bertz CT molecular complexity index is 1680. The summed E-state index contributed by atoms with van der Waals surface area (Å²) in [6, 6.07) is 29.1. The van der Waals surface area contributed by atoms with Crippen LogP contribution < -0.4 is 14.4 Å². The van der Waals surface area contributed by atoms with Crippen molar-refractivity contribution in [3.05, 3.63) is 124 Å². The summed E-state index contributed by atoms with van der Waals surface area (Å²) >= 11 is 3.50. The maximum atomic E-state index is 14.5. The third-order valence-corrected chi connectivity index (χ3v) is 9.59. The quantitative estimate of drug-likeness (QED) is 0.172. The van der Waals surface area contributed by atoms with Gasteiger partial charge in [-0.3, -0.25) is 13.9 Å². The minimum atomic E-state index is -4.18. The number of ether oxygens (including phenoxy) is 1. The predicted molar refractivity (Wildman–Crippen MR) is 181 cm³/mol. The third kappa shape index (κ3) is 8.95. The van der Waals surface area contributed by atoms with E-state index in [1.54, 1.807) is 36.4 Å². The van der Waals surface area contributed by atoms with Gasteiger partial charge in [0.05, 0.1) is 17.7 Å². The molecule has 0 saturated carbocycles. The van der Waals surface area contributed by atoms with Gasteiger partial charge >= 0.3 is 0 Å². The molecule has 8 nitrogen and oxygen atoms in total. The number of anilines is 1. The summed E-state index contributed by atoms with van der Waals surface area (Å²) in [5.41, 5.74) is 2.86. The number of carbonyl (C=O) groups is 2. The molecule has 0 saturated heterocycles. The van der Waals surface area contributed by atoms with E-state index in [2.05, 4.69) is 21.2 Å². The highest BCUT2D eigenvalue weighted by Crippen LogP contribution is 2.27. The van der Waals surface area contributed by atoms with Gasteiger partial charge in [0.2, 0.25) is 11.8 Å². The minimum Gasteiger partial charge on any atom is -0.497 e. The van der Waals surface area contributed by atoms with Crippen LogP contribution in [0.3, 0.4) is 0 Å². The first-order chi connectivity index (χ1) is 21.6. The molecule has 0 bridgehead atoms. The Balaban J connectivity index is 1.80. The monoisotopic (exact) mass is 691 g/mol. The second-order valence-electron chi connectivity index (χ2n) is 10.7. The zero-order valence-electron chi connectivity index (χ0n) is 25.6. The van der Waals surface area contributed by atoms with Crippen LogP contribution in [0.1, 0.15) is 30.0 Å². The van der Waals surface area contributed by atoms with E-state index < -0.39 is 28.5 Å². The molecule has 0 aliphatic carbocycles. The highest BCUT2D eigenvalue weighted by atomic mass is 79.9. The number of benzene rings is 4. The van der Waals surface area contributed by atoms with Gasteiger partial charge in [-0.05, 0) is 73.0 Å². The van der Waals surface area contributed by atoms with Gasteiger partial charge in [0.25, 0.3) is 10.0 Å². The maximum absolute atomic E-state index is 14.5. The molecule has 1 N–H and O–H groups in total. The zero-order chi connectivity index (χ0) is 32.4. The van der Waals surface area contributed by atoms with Crippen LogP contribution in [0.4, 0.5) is 5.69 Å². The number of hydrogen-bond acceptors (Lipinski definition) is 5. The first kappa shape index (κ1) is 33.7. The number of hydrogen-bond donors (Lipinski definition) is 1. The molecule has 10 heteroatoms. The van der Waals surface area contributed by atoms with Crippen LogP contribution >= 0.6 is 15.9 Å². The smallest absolute Gasteiger partial charge is 0.264 e. The molecule has 4 aromatic rings. The van der Waals surface area contributed by atoms with Gasteiger partial charge in [0.1, 0.15) is 18.3 Å². The lowest BCUT2D eigenvalue weighted by molar-refractivity contribution is -0.140. The van der Waals surface area contributed by atoms with Crippen molar-refractivity contribution in [3.8, 4) is 5.75 Å². The Kier molecular flexibility index (Phi) is 11.8. The average molecular weight is 693 g/mol. The van der Waals surface area contributed by atoms with Crippen molar-refractivity contribution >= 4 is 43.5 Å². The van der Waals surface area contributed by atoms with E-state index in [1.807, 2.05) is 68.4 Å². The Hall–Kier alpha value is -4.15. The van der Waals surface area contributed by atoms with E-state index in [1.165, 1.54) is 24.1 Å². The molecule has 0 heterocycles. The van der Waals surface area contributed by atoms with Crippen LogP contribution in [-0.2, 0) is 32.6 Å². The van der Waals surface area contributed by atoms with E-state index in [-0.39, 0.29) is 23.8 Å². The molecule has 0 radical (unpaired) electrons. The van der Waals surface area contributed by atoms with Gasteiger partial charge in [0, 0.05) is 24.0 Å². The first-order valence-electron chi connectivity index (χ1n) is 14.7. The standard InChI is InChI=1S/C35H38BrN3O5S/c1-4-21-37-35(41)33(23-27-9-6-5-7-10-27)38(24-28-11-8-12-29(36)22-28)34(40)25-39(30-15-17-31(44-3)18-16-30)45(42,43)32-19-13-26(2)14-20-32/h5-20,22,33H,4,21,23-25H2,1-3H3,(H,37,41). The number of rotatable bonds is 14. The van der Waals surface area contributed by atoms with Gasteiger partial charge in [0.15, 0.2) is 0 Å². The zero-order valence-corrected chi connectivity index (χ0v) is 28.1. The lowest BCUT2D eigenvalue weighted by Crippen LogP contribution is -2.53. The summed E-state index contributed by atoms with van der Waals surface area (Å²) in [6.07, 6.45) is 0.979. The SMILES string of the molecule is CCCNC(=O)C(Cc1ccccc1)N(Cc1cccc(Br)c1)C(=O)CN(c1ccc(OC)cc1)S(=O)(=O)c1ccc(C)cc1. The van der Waals surface area contributed by atoms with Gasteiger partial charge in [-0.15, -0.1) is 0 Å². The number of sulfonamides is 1. The molecule has 0 aliphatic rings. The Morgan fingerprint density at radius 2 is 1.56 bits per heavy atom. The fourth-order valence-electron chi connectivity index (χ4n) is 4.87. The van der Waals surface area contributed by atoms with Gasteiger partial charge in [-0.25, -0.2) is 8.42 Å². The van der Waals surface area contributed by atoms with E-state index >= 15 is 0 Å². The lowest BCUT2D eigenvalue weighted by atomic mass is 10.0. The van der Waals surface area contributed by atoms with Crippen molar-refractivity contribution in [1.29, 1.82) is 0 Å². The van der Waals surface area contributed by atoms with Crippen LogP contribution in [0.5, 0.6) is 5.75 Å². The second-order valence-corrected chi connectivity index (χ2v) is 13.4. The number of nitrogens with zero attached hydrogens (tertiary/aromatic N) is 2. The van der Waals surface area contributed by atoms with Gasteiger partial charge < -0.3 is 15.0 Å². The van der Waals surface area contributed by atoms with E-state index in [4.69, 9.17) is 4.74 Å². The van der Waals surface area contributed by atoms with E-state index in [0.717, 1.165) is 31.9 Å². The molecule has 4 rings (SSSR count). The fraction of sp³-hybridized carbons (Fsp3) is 0.257. The molecular weight excluding hydrogens is 654 g/mol. The normalized spacial score (nSPS) is 11.8. The summed E-state index contributed by atoms with van der Waals surface area (Å²) in [7, 11) is -2.66. The van der Waals surface area contributed by atoms with E-state index in [9.17, 15) is 18.0 Å². The Labute approximate surface area is 274 Å². The molecule has 236 valence electrons. The van der Waals surface area contributed by atoms with Crippen LogP contribution in [-0.4, -0.2) is 51.4 Å². The molecule has 4 aromatic carbocycles. The predicted octanol–water partition coefficient (Wildman–Crippen LogP) is 6.13. The Morgan fingerprint density at radius 3 is 2.18 bits per heavy atom. The molecule has 0 aromatic heterocycles. The summed E-state index contributed by atoms with van der Waals surface area (Å²) < 4.78 is 35.5. The van der Waals surface area contributed by atoms with Crippen LogP contribution in [0.2, 0.25) is 0 Å². The van der Waals surface area contributed by atoms with Crippen molar-refractivity contribution in [2.45, 2.75) is 44.2 Å². The number of halogens is 1. The number of carbonyl (C=O) groups excluding carboxylic acids is 2. The van der Waals surface area contributed by atoms with Crippen molar-refractivity contribution in [3.63, 3.8) is 0 Å². The molecule has 2 amide bonds. The maximum Gasteiger partial charge on any atom is 0.264 e. The molecule has 0 fully saturated rings. The van der Waals surface area contributed by atoms with Crippen LogP contribution in [0.15, 0.2) is 112 Å². The number of methoxy groups -OCH3 is 1. The van der Waals surface area contributed by atoms with Crippen molar-refractivity contribution < 1.29 is 22.7 Å². The highest BCUT2D eigenvalue weighted by molar-refractivity contribution is 9.10. The van der Waals surface area contributed by atoms with Gasteiger partial charge in [-0.2, -0.15) is 0 Å². The molecule has 45 heavy (non-hydrogen) atoms. The van der Waals surface area contributed by atoms with Crippen molar-refractivity contribution in [2.24, 2.45) is 0 Å². The van der Waals surface area contributed by atoms with Crippen molar-refractivity contribution in [1.82, 2.24) is 10.2 Å². The molecule has 0 aliphatic heterocycles. The Morgan fingerprint density at radius 1 is 0.889 bits per heavy atom. The summed E-state index contributed by atoms with van der Waals surface area (Å²) in [5, 5.41) is 2.96. The molecule has 1 atom stereocenters. The molecule has 1 unspecified atom stereocenters. The van der Waals surface area contributed by atoms with Crippen LogP contribution in [0.25, 0.3) is 0 Å². The first-order valence-corrected chi connectivity index (χ1v) is 16.9. The summed E-state index contributed by atoms with van der Waals surface area (Å²) in [4.78, 5) is 29.8. The molecular formula is C35H38BrN3O5S. The third-order valence-electron chi connectivity index (χ3n) is 7.31. The number of amides is 2. The largest absolute Gasteiger partial charge is 0.497 e. The number of nitrogens with one attached hydrogen (secondary N) is 1. The summed E-state index contributed by atoms with van der Waals surface area (Å²) in [5.74, 6) is -0.278. The lowest BCUT2D eigenvalue weighted by Gasteiger charge is -2.34. The topological polar surface area (TPSA) is 96.0 Å².